The molecule has 6 heteroatoms. The molecular formula is C14H19ClO4S. The van der Waals surface area contributed by atoms with Gasteiger partial charge in [-0.2, -0.15) is 0 Å². The minimum atomic E-state index is -3.71. The lowest BCUT2D eigenvalue weighted by Crippen LogP contribution is -2.11. The molecule has 0 saturated carbocycles. The third-order valence-electron chi connectivity index (χ3n) is 3.67. The Hall–Kier alpha value is -0.780. The second-order valence-electron chi connectivity index (χ2n) is 5.02. The summed E-state index contributed by atoms with van der Waals surface area (Å²) < 4.78 is 34.1. The van der Waals surface area contributed by atoms with Crippen molar-refractivity contribution in [1.82, 2.24) is 0 Å². The molecule has 0 aliphatic carbocycles. The largest absolute Gasteiger partial charge is 0.493 e. The molecule has 1 saturated heterocycles. The van der Waals surface area contributed by atoms with Crippen LogP contribution < -0.4 is 4.74 Å². The summed E-state index contributed by atoms with van der Waals surface area (Å²) in [5, 5.41) is 0. The predicted octanol–water partition coefficient (Wildman–Crippen LogP) is 3.18. The molecule has 4 nitrogen and oxygen atoms in total. The molecule has 1 heterocycles. The van der Waals surface area contributed by atoms with E-state index in [-0.39, 0.29) is 4.90 Å². The fraction of sp³-hybridized carbons (Fsp3) is 0.571. The Morgan fingerprint density at radius 3 is 2.70 bits per heavy atom. The van der Waals surface area contributed by atoms with Crippen molar-refractivity contribution in [2.75, 3.05) is 13.2 Å². The van der Waals surface area contributed by atoms with Gasteiger partial charge in [0.2, 0.25) is 0 Å². The molecule has 1 aliphatic heterocycles. The quantitative estimate of drug-likeness (QED) is 0.782. The zero-order chi connectivity index (χ0) is 14.8. The van der Waals surface area contributed by atoms with Crippen molar-refractivity contribution in [3.05, 3.63) is 23.3 Å². The molecule has 1 unspecified atom stereocenters. The molecule has 0 N–H and O–H groups in total. The summed E-state index contributed by atoms with van der Waals surface area (Å²) in [6, 6.07) is 3.15. The van der Waals surface area contributed by atoms with E-state index in [2.05, 4.69) is 0 Å². The number of halogens is 1. The van der Waals surface area contributed by atoms with Crippen LogP contribution in [0.4, 0.5) is 0 Å². The molecule has 1 aromatic rings. The molecule has 1 fully saturated rings. The van der Waals surface area contributed by atoms with Gasteiger partial charge in [-0.15, -0.1) is 0 Å². The van der Waals surface area contributed by atoms with Gasteiger partial charge in [0.15, 0.2) is 0 Å². The third kappa shape index (κ3) is 3.65. The number of ether oxygens (including phenoxy) is 2. The van der Waals surface area contributed by atoms with Gasteiger partial charge in [-0.1, -0.05) is 0 Å². The van der Waals surface area contributed by atoms with Crippen LogP contribution in [0.3, 0.4) is 0 Å². The normalized spacial score (nSPS) is 19.2. The lowest BCUT2D eigenvalue weighted by molar-refractivity contribution is 0.0902. The number of rotatable bonds is 5. The molecule has 20 heavy (non-hydrogen) atoms. The average molecular weight is 319 g/mol. The van der Waals surface area contributed by atoms with Crippen molar-refractivity contribution in [2.45, 2.75) is 44.1 Å². The molecular weight excluding hydrogens is 300 g/mol. The number of hydrogen-bond donors (Lipinski definition) is 0. The van der Waals surface area contributed by atoms with Crippen molar-refractivity contribution >= 4 is 19.7 Å². The number of hydrogen-bond acceptors (Lipinski definition) is 4. The van der Waals surface area contributed by atoms with E-state index in [0.29, 0.717) is 24.0 Å². The minimum Gasteiger partial charge on any atom is -0.493 e. The third-order valence-corrected chi connectivity index (χ3v) is 5.14. The first-order chi connectivity index (χ1) is 9.39. The Morgan fingerprint density at radius 1 is 1.35 bits per heavy atom. The molecule has 0 bridgehead atoms. The summed E-state index contributed by atoms with van der Waals surface area (Å²) in [4.78, 5) is 0.142. The van der Waals surface area contributed by atoms with Crippen LogP contribution in [0, 0.1) is 13.8 Å². The Bertz CT molecular complexity index is 577. The van der Waals surface area contributed by atoms with E-state index in [1.165, 1.54) is 6.07 Å². The lowest BCUT2D eigenvalue weighted by Gasteiger charge is -2.14. The molecule has 0 amide bonds. The van der Waals surface area contributed by atoms with Gasteiger partial charge in [-0.25, -0.2) is 8.42 Å². The monoisotopic (exact) mass is 318 g/mol. The molecule has 112 valence electrons. The first-order valence-electron chi connectivity index (χ1n) is 6.69. The van der Waals surface area contributed by atoms with Gasteiger partial charge >= 0.3 is 0 Å². The highest BCUT2D eigenvalue weighted by atomic mass is 35.7. The van der Waals surface area contributed by atoms with E-state index in [1.54, 1.807) is 13.0 Å². The first kappa shape index (κ1) is 15.6. The summed E-state index contributed by atoms with van der Waals surface area (Å²) in [6.07, 6.45) is 3.35. The lowest BCUT2D eigenvalue weighted by atomic mass is 10.1. The van der Waals surface area contributed by atoms with Gasteiger partial charge in [-0.3, -0.25) is 0 Å². The first-order valence-corrected chi connectivity index (χ1v) is 9.00. The summed E-state index contributed by atoms with van der Waals surface area (Å²) >= 11 is 0. The molecule has 1 atom stereocenters. The standard InChI is InChI=1S/C14H19ClO4S/c1-10-11(2)14(20(15,16)17)6-5-13(10)19-9-7-12-4-3-8-18-12/h5-6,12H,3-4,7-9H2,1-2H3. The fourth-order valence-corrected chi connectivity index (χ4v) is 3.61. The van der Waals surface area contributed by atoms with E-state index < -0.39 is 9.05 Å². The minimum absolute atomic E-state index is 0.142. The van der Waals surface area contributed by atoms with Crippen LogP contribution in [0.15, 0.2) is 17.0 Å². The molecule has 0 radical (unpaired) electrons. The van der Waals surface area contributed by atoms with Crippen molar-refractivity contribution in [3.8, 4) is 5.75 Å². The number of benzene rings is 1. The highest BCUT2D eigenvalue weighted by molar-refractivity contribution is 8.13. The fourth-order valence-electron chi connectivity index (χ4n) is 2.36. The van der Waals surface area contributed by atoms with E-state index in [9.17, 15) is 8.42 Å². The van der Waals surface area contributed by atoms with Crippen LogP contribution in [0.1, 0.15) is 30.4 Å². The maximum atomic E-state index is 11.4. The van der Waals surface area contributed by atoms with Crippen LogP contribution in [0.5, 0.6) is 5.75 Å². The summed E-state index contributed by atoms with van der Waals surface area (Å²) in [5.41, 5.74) is 1.44. The van der Waals surface area contributed by atoms with E-state index in [0.717, 1.165) is 31.4 Å². The van der Waals surface area contributed by atoms with Crippen LogP contribution in [0.25, 0.3) is 0 Å². The highest BCUT2D eigenvalue weighted by Crippen LogP contribution is 2.29. The maximum absolute atomic E-state index is 11.4. The molecule has 0 aromatic heterocycles. The highest BCUT2D eigenvalue weighted by Gasteiger charge is 2.18. The van der Waals surface area contributed by atoms with Crippen molar-refractivity contribution in [1.29, 1.82) is 0 Å². The van der Waals surface area contributed by atoms with Crippen molar-refractivity contribution < 1.29 is 17.9 Å². The second kappa shape index (κ2) is 6.33. The maximum Gasteiger partial charge on any atom is 0.261 e. The summed E-state index contributed by atoms with van der Waals surface area (Å²) in [6.45, 7) is 4.98. The topological polar surface area (TPSA) is 52.6 Å². The Morgan fingerprint density at radius 2 is 2.10 bits per heavy atom. The van der Waals surface area contributed by atoms with Gasteiger partial charge in [0.1, 0.15) is 5.75 Å². The second-order valence-corrected chi connectivity index (χ2v) is 7.56. The van der Waals surface area contributed by atoms with Crippen molar-refractivity contribution in [2.24, 2.45) is 0 Å². The summed E-state index contributed by atoms with van der Waals surface area (Å²) in [5.74, 6) is 0.699. The van der Waals surface area contributed by atoms with Crippen molar-refractivity contribution in [3.63, 3.8) is 0 Å². The zero-order valence-electron chi connectivity index (χ0n) is 11.7. The van der Waals surface area contributed by atoms with Gasteiger partial charge in [-0.05, 0) is 49.9 Å². The predicted molar refractivity (Wildman–Crippen MR) is 78.0 cm³/mol. The van der Waals surface area contributed by atoms with Crippen LogP contribution in [-0.4, -0.2) is 27.7 Å². The van der Waals surface area contributed by atoms with Crippen LogP contribution >= 0.6 is 10.7 Å². The van der Waals surface area contributed by atoms with E-state index in [1.807, 2.05) is 6.92 Å². The summed E-state index contributed by atoms with van der Waals surface area (Å²) in [7, 11) is 1.68. The smallest absolute Gasteiger partial charge is 0.261 e. The molecule has 1 aromatic carbocycles. The van der Waals surface area contributed by atoms with E-state index >= 15 is 0 Å². The van der Waals surface area contributed by atoms with Gasteiger partial charge in [0.05, 0.1) is 17.6 Å². The van der Waals surface area contributed by atoms with Gasteiger partial charge in [0.25, 0.3) is 9.05 Å². The Labute approximate surface area is 124 Å². The average Bonchev–Trinajstić information content (AvgIpc) is 2.86. The van der Waals surface area contributed by atoms with Gasteiger partial charge in [0, 0.05) is 23.7 Å². The van der Waals surface area contributed by atoms with E-state index in [4.69, 9.17) is 20.2 Å². The van der Waals surface area contributed by atoms with Crippen LogP contribution in [-0.2, 0) is 13.8 Å². The zero-order valence-corrected chi connectivity index (χ0v) is 13.3. The SMILES string of the molecule is Cc1c(OCCC2CCCO2)ccc(S(=O)(=O)Cl)c1C. The molecule has 2 rings (SSSR count). The Kier molecular flexibility index (Phi) is 4.94. The molecule has 0 spiro atoms. The molecule has 1 aliphatic rings. The van der Waals surface area contributed by atoms with Gasteiger partial charge < -0.3 is 9.47 Å². The Balaban J connectivity index is 2.04. The van der Waals surface area contributed by atoms with Crippen LogP contribution in [0.2, 0.25) is 0 Å².